The van der Waals surface area contributed by atoms with Gasteiger partial charge >= 0.3 is 5.69 Å². The summed E-state index contributed by atoms with van der Waals surface area (Å²) in [5, 5.41) is 0. The molecule has 2 aromatic carbocycles. The summed E-state index contributed by atoms with van der Waals surface area (Å²) >= 11 is 0. The van der Waals surface area contributed by atoms with Gasteiger partial charge in [-0.05, 0) is 24.5 Å². The van der Waals surface area contributed by atoms with Gasteiger partial charge in [0, 0.05) is 24.8 Å². The Balaban J connectivity index is 1.44. The number of nitrogens with zero attached hydrogens (tertiary/aromatic N) is 1. The quantitative estimate of drug-likeness (QED) is 0.561. The molecule has 1 unspecified atom stereocenters. The molecule has 8 nitrogen and oxygen atoms in total. The van der Waals surface area contributed by atoms with E-state index in [4.69, 9.17) is 18.9 Å². The van der Waals surface area contributed by atoms with Crippen LogP contribution in [-0.2, 0) is 32.2 Å². The van der Waals surface area contributed by atoms with Gasteiger partial charge in [-0.25, -0.2) is 4.79 Å². The Bertz CT molecular complexity index is 1240. The number of benzene rings is 2. The van der Waals surface area contributed by atoms with E-state index in [1.165, 1.54) is 4.57 Å². The summed E-state index contributed by atoms with van der Waals surface area (Å²) in [6.07, 6.45) is 1.32. The normalized spacial score (nSPS) is 26.3. The molecule has 0 aliphatic carbocycles. The summed E-state index contributed by atoms with van der Waals surface area (Å²) in [6.45, 7) is 3.34. The predicted octanol–water partition coefficient (Wildman–Crippen LogP) is 3.09. The molecule has 0 amide bonds. The maximum absolute atomic E-state index is 12.7. The van der Waals surface area contributed by atoms with Gasteiger partial charge in [-0.2, -0.15) is 0 Å². The molecule has 0 radical (unpaired) electrons. The SMILES string of the molecule is Cc1cn([C@H]2CC(OCc3ccccc3)[C@]3(COCC[C@H]3OCc3ccccc3)O2)c(=O)[nH]c1=O. The van der Waals surface area contributed by atoms with Crippen LogP contribution in [0.15, 0.2) is 76.4 Å². The highest BCUT2D eigenvalue weighted by atomic mass is 16.6. The first kappa shape index (κ1) is 23.7. The molecule has 1 spiro atoms. The lowest BCUT2D eigenvalue weighted by Crippen LogP contribution is -2.58. The van der Waals surface area contributed by atoms with Gasteiger partial charge in [-0.1, -0.05) is 60.7 Å². The van der Waals surface area contributed by atoms with E-state index in [9.17, 15) is 9.59 Å². The Morgan fingerprint density at radius 2 is 1.60 bits per heavy atom. The Kier molecular flexibility index (Phi) is 6.97. The number of aromatic amines is 1. The van der Waals surface area contributed by atoms with Gasteiger partial charge in [0.15, 0.2) is 0 Å². The van der Waals surface area contributed by atoms with Crippen LogP contribution < -0.4 is 11.2 Å². The third-order valence-corrected chi connectivity index (χ3v) is 6.76. The topological polar surface area (TPSA) is 91.8 Å². The number of hydrogen-bond acceptors (Lipinski definition) is 6. The van der Waals surface area contributed by atoms with Crippen molar-refractivity contribution in [1.29, 1.82) is 0 Å². The van der Waals surface area contributed by atoms with E-state index < -0.39 is 23.1 Å². The predicted molar refractivity (Wildman–Crippen MR) is 129 cm³/mol. The standard InChI is InChI=1S/C27H30N2O6/c1-19-15-29(26(31)28-25(19)30)24-14-23(34-17-21-10-6-3-7-11-21)27(35-24)18-32-13-12-22(27)33-16-20-8-4-2-5-9-20/h2-11,15,22-24H,12-14,16-18H2,1H3,(H,28,30,31)/t22-,23?,24-,27-/m1/s1. The Labute approximate surface area is 203 Å². The number of rotatable bonds is 7. The second-order valence-electron chi connectivity index (χ2n) is 9.15. The van der Waals surface area contributed by atoms with Crippen molar-refractivity contribution in [2.45, 2.75) is 57.0 Å². The van der Waals surface area contributed by atoms with Crippen LogP contribution in [0, 0.1) is 6.92 Å². The van der Waals surface area contributed by atoms with Crippen molar-refractivity contribution >= 4 is 0 Å². The molecule has 4 atom stereocenters. The van der Waals surface area contributed by atoms with E-state index >= 15 is 0 Å². The average Bonchev–Trinajstić information content (AvgIpc) is 3.24. The van der Waals surface area contributed by atoms with E-state index in [1.807, 2.05) is 60.7 Å². The minimum absolute atomic E-state index is 0.290. The number of nitrogens with one attached hydrogen (secondary N) is 1. The van der Waals surface area contributed by atoms with Crippen LogP contribution in [0.25, 0.3) is 0 Å². The maximum Gasteiger partial charge on any atom is 0.330 e. The minimum atomic E-state index is -0.893. The van der Waals surface area contributed by atoms with Gasteiger partial charge in [0.2, 0.25) is 0 Å². The molecule has 0 bridgehead atoms. The fourth-order valence-corrected chi connectivity index (χ4v) is 4.88. The van der Waals surface area contributed by atoms with Gasteiger partial charge in [0.05, 0.1) is 32.0 Å². The second kappa shape index (κ2) is 10.3. The molecular weight excluding hydrogens is 448 g/mol. The van der Waals surface area contributed by atoms with Crippen molar-refractivity contribution in [3.05, 3.63) is 104 Å². The molecular formula is C27H30N2O6. The molecule has 2 fully saturated rings. The highest BCUT2D eigenvalue weighted by Gasteiger charge is 2.57. The molecule has 5 rings (SSSR count). The molecule has 3 heterocycles. The summed E-state index contributed by atoms with van der Waals surface area (Å²) in [5.41, 5.74) is 0.742. The fraction of sp³-hybridized carbons (Fsp3) is 0.407. The van der Waals surface area contributed by atoms with E-state index in [-0.39, 0.29) is 12.2 Å². The van der Waals surface area contributed by atoms with Crippen molar-refractivity contribution < 1.29 is 18.9 Å². The van der Waals surface area contributed by atoms with Crippen molar-refractivity contribution in [3.63, 3.8) is 0 Å². The molecule has 1 aromatic heterocycles. The zero-order valence-corrected chi connectivity index (χ0v) is 19.7. The highest BCUT2D eigenvalue weighted by Crippen LogP contribution is 2.44. The molecule has 2 aliphatic heterocycles. The molecule has 1 N–H and O–H groups in total. The molecule has 0 saturated carbocycles. The smallest absolute Gasteiger partial charge is 0.330 e. The Hall–Kier alpha value is -3.04. The summed E-state index contributed by atoms with van der Waals surface area (Å²) in [6, 6.07) is 19.9. The average molecular weight is 479 g/mol. The lowest BCUT2D eigenvalue weighted by Gasteiger charge is -2.43. The monoisotopic (exact) mass is 478 g/mol. The zero-order valence-electron chi connectivity index (χ0n) is 19.7. The minimum Gasteiger partial charge on any atom is -0.378 e. The molecule has 184 valence electrons. The Morgan fingerprint density at radius 1 is 0.971 bits per heavy atom. The Morgan fingerprint density at radius 3 is 2.26 bits per heavy atom. The lowest BCUT2D eigenvalue weighted by molar-refractivity contribution is -0.240. The number of aryl methyl sites for hydroxylation is 1. The highest BCUT2D eigenvalue weighted by molar-refractivity contribution is 5.15. The van der Waals surface area contributed by atoms with Crippen LogP contribution in [0.5, 0.6) is 0 Å². The van der Waals surface area contributed by atoms with Crippen LogP contribution in [0.2, 0.25) is 0 Å². The van der Waals surface area contributed by atoms with Gasteiger partial charge < -0.3 is 18.9 Å². The van der Waals surface area contributed by atoms with Gasteiger partial charge in [0.25, 0.3) is 5.56 Å². The molecule has 2 aliphatic rings. The van der Waals surface area contributed by atoms with Crippen LogP contribution in [0.1, 0.15) is 35.8 Å². The zero-order chi connectivity index (χ0) is 24.3. The number of aromatic nitrogens is 2. The molecule has 2 saturated heterocycles. The third kappa shape index (κ3) is 5.01. The summed E-state index contributed by atoms with van der Waals surface area (Å²) in [7, 11) is 0. The van der Waals surface area contributed by atoms with Crippen LogP contribution >= 0.6 is 0 Å². The first-order valence-corrected chi connectivity index (χ1v) is 11.9. The third-order valence-electron chi connectivity index (χ3n) is 6.76. The van der Waals surface area contributed by atoms with E-state index in [0.717, 1.165) is 11.1 Å². The maximum atomic E-state index is 12.7. The van der Waals surface area contributed by atoms with Gasteiger partial charge in [-0.3, -0.25) is 14.3 Å². The molecule has 35 heavy (non-hydrogen) atoms. The number of ether oxygens (including phenoxy) is 4. The van der Waals surface area contributed by atoms with E-state index in [2.05, 4.69) is 4.98 Å². The number of hydrogen-bond donors (Lipinski definition) is 1. The van der Waals surface area contributed by atoms with Crippen molar-refractivity contribution in [1.82, 2.24) is 9.55 Å². The summed E-state index contributed by atoms with van der Waals surface area (Å²) in [5.74, 6) is 0. The van der Waals surface area contributed by atoms with Crippen molar-refractivity contribution in [3.8, 4) is 0 Å². The molecule has 8 heteroatoms. The van der Waals surface area contributed by atoms with E-state index in [1.54, 1.807) is 13.1 Å². The van der Waals surface area contributed by atoms with Gasteiger partial charge in [0.1, 0.15) is 11.8 Å². The second-order valence-corrected chi connectivity index (χ2v) is 9.15. The number of H-pyrrole nitrogens is 1. The lowest BCUT2D eigenvalue weighted by atomic mass is 9.87. The van der Waals surface area contributed by atoms with Crippen LogP contribution in [-0.4, -0.2) is 40.6 Å². The fourth-order valence-electron chi connectivity index (χ4n) is 4.88. The first-order valence-electron chi connectivity index (χ1n) is 11.9. The van der Waals surface area contributed by atoms with Crippen LogP contribution in [0.3, 0.4) is 0 Å². The molecule has 3 aromatic rings. The largest absolute Gasteiger partial charge is 0.378 e. The first-order chi connectivity index (χ1) is 17.0. The summed E-state index contributed by atoms with van der Waals surface area (Å²) < 4.78 is 26.8. The van der Waals surface area contributed by atoms with Crippen molar-refractivity contribution in [2.75, 3.05) is 13.2 Å². The van der Waals surface area contributed by atoms with Gasteiger partial charge in [-0.15, -0.1) is 0 Å². The summed E-state index contributed by atoms with van der Waals surface area (Å²) in [4.78, 5) is 27.0. The van der Waals surface area contributed by atoms with Crippen LogP contribution in [0.4, 0.5) is 0 Å². The van der Waals surface area contributed by atoms with Crippen molar-refractivity contribution in [2.24, 2.45) is 0 Å². The van der Waals surface area contributed by atoms with E-state index in [0.29, 0.717) is 44.8 Å².